The minimum absolute atomic E-state index is 0.0629. The molecular formula is C23H22F3NO6. The smallest absolute Gasteiger partial charge is 0.416 e. The largest absolute Gasteiger partial charge is 0.489 e. The summed E-state index contributed by atoms with van der Waals surface area (Å²) in [6, 6.07) is 8.99. The number of rotatable bonds is 9. The molecule has 7 nitrogen and oxygen atoms in total. The van der Waals surface area contributed by atoms with Gasteiger partial charge in [0.25, 0.3) is 5.91 Å². The number of carbonyl (C=O) groups is 1. The molecular weight excluding hydrogens is 443 g/mol. The predicted octanol–water partition coefficient (Wildman–Crippen LogP) is 4.42. The number of ether oxygens (including phenoxy) is 3. The summed E-state index contributed by atoms with van der Waals surface area (Å²) in [6.07, 6.45) is -3.95. The van der Waals surface area contributed by atoms with Crippen LogP contribution in [0.5, 0.6) is 11.5 Å². The molecule has 1 N–H and O–H groups in total. The van der Waals surface area contributed by atoms with E-state index >= 15 is 0 Å². The van der Waals surface area contributed by atoms with Crippen LogP contribution in [-0.2, 0) is 22.1 Å². The van der Waals surface area contributed by atoms with Gasteiger partial charge in [-0.3, -0.25) is 4.79 Å². The van der Waals surface area contributed by atoms with Crippen LogP contribution in [0.1, 0.15) is 18.1 Å². The lowest BCUT2D eigenvalue weighted by Gasteiger charge is -2.15. The third kappa shape index (κ3) is 6.26. The van der Waals surface area contributed by atoms with Crippen molar-refractivity contribution in [3.63, 3.8) is 0 Å². The van der Waals surface area contributed by atoms with Gasteiger partial charge in [-0.05, 0) is 42.3 Å². The Bertz CT molecular complexity index is 1190. The minimum Gasteiger partial charge on any atom is -0.489 e. The number of benzene rings is 2. The van der Waals surface area contributed by atoms with E-state index in [-0.39, 0.29) is 30.4 Å². The van der Waals surface area contributed by atoms with Gasteiger partial charge < -0.3 is 23.9 Å². The maximum atomic E-state index is 13.1. The first-order chi connectivity index (χ1) is 15.7. The maximum Gasteiger partial charge on any atom is 0.416 e. The van der Waals surface area contributed by atoms with Crippen molar-refractivity contribution in [1.29, 1.82) is 0 Å². The van der Waals surface area contributed by atoms with E-state index in [1.54, 1.807) is 12.1 Å². The van der Waals surface area contributed by atoms with Crippen molar-refractivity contribution in [1.82, 2.24) is 0 Å². The van der Waals surface area contributed by atoms with E-state index in [2.05, 4.69) is 5.32 Å². The van der Waals surface area contributed by atoms with E-state index < -0.39 is 29.9 Å². The number of alkyl halides is 3. The highest BCUT2D eigenvalue weighted by Crippen LogP contribution is 2.35. The number of fused-ring (bicyclic) bond motifs is 1. The Morgan fingerprint density at radius 2 is 1.85 bits per heavy atom. The van der Waals surface area contributed by atoms with Gasteiger partial charge in [0, 0.05) is 24.6 Å². The molecule has 0 spiro atoms. The number of amides is 1. The molecule has 0 saturated heterocycles. The second-order valence-electron chi connectivity index (χ2n) is 6.99. The van der Waals surface area contributed by atoms with Gasteiger partial charge in [0.15, 0.2) is 6.61 Å². The van der Waals surface area contributed by atoms with Gasteiger partial charge in [-0.25, -0.2) is 4.79 Å². The highest BCUT2D eigenvalue weighted by atomic mass is 19.4. The minimum atomic E-state index is -4.59. The summed E-state index contributed by atoms with van der Waals surface area (Å²) >= 11 is 0. The third-order valence-corrected chi connectivity index (χ3v) is 4.68. The third-order valence-electron chi connectivity index (χ3n) is 4.68. The van der Waals surface area contributed by atoms with Crippen LogP contribution in [0.2, 0.25) is 0 Å². The molecule has 3 rings (SSSR count). The van der Waals surface area contributed by atoms with Crippen LogP contribution >= 0.6 is 0 Å². The quantitative estimate of drug-likeness (QED) is 0.372. The monoisotopic (exact) mass is 465 g/mol. The number of nitrogens with one attached hydrogen (secondary N) is 1. The van der Waals surface area contributed by atoms with Crippen molar-refractivity contribution in [2.24, 2.45) is 0 Å². The second-order valence-corrected chi connectivity index (χ2v) is 6.99. The Labute approximate surface area is 187 Å². The Balaban J connectivity index is 1.74. The number of aryl methyl sites for hydroxylation is 1. The predicted molar refractivity (Wildman–Crippen MR) is 115 cm³/mol. The van der Waals surface area contributed by atoms with E-state index in [1.807, 2.05) is 6.92 Å². The van der Waals surface area contributed by atoms with Gasteiger partial charge in [0.2, 0.25) is 0 Å². The Morgan fingerprint density at radius 1 is 1.06 bits per heavy atom. The summed E-state index contributed by atoms with van der Waals surface area (Å²) < 4.78 is 60.2. The number of hydrogen-bond acceptors (Lipinski definition) is 6. The molecule has 0 atom stereocenters. The van der Waals surface area contributed by atoms with E-state index in [0.29, 0.717) is 12.0 Å². The van der Waals surface area contributed by atoms with E-state index in [1.165, 1.54) is 19.2 Å². The van der Waals surface area contributed by atoms with Gasteiger partial charge in [-0.2, -0.15) is 13.2 Å². The topological polar surface area (TPSA) is 87.0 Å². The molecule has 0 saturated carbocycles. The number of methoxy groups -OCH3 is 1. The lowest BCUT2D eigenvalue weighted by atomic mass is 10.1. The van der Waals surface area contributed by atoms with E-state index in [9.17, 15) is 22.8 Å². The lowest BCUT2D eigenvalue weighted by Crippen LogP contribution is -2.21. The van der Waals surface area contributed by atoms with Crippen LogP contribution in [0.25, 0.3) is 11.0 Å². The molecule has 2 aromatic carbocycles. The molecule has 0 aliphatic carbocycles. The maximum absolute atomic E-state index is 13.1. The van der Waals surface area contributed by atoms with Crippen molar-refractivity contribution in [2.75, 3.05) is 32.2 Å². The molecule has 1 heterocycles. The van der Waals surface area contributed by atoms with Gasteiger partial charge in [-0.1, -0.05) is 6.92 Å². The van der Waals surface area contributed by atoms with Crippen molar-refractivity contribution in [3.05, 3.63) is 64.0 Å². The van der Waals surface area contributed by atoms with Crippen molar-refractivity contribution < 1.29 is 36.6 Å². The summed E-state index contributed by atoms with van der Waals surface area (Å²) in [7, 11) is 1.46. The fourth-order valence-corrected chi connectivity index (χ4v) is 3.09. The van der Waals surface area contributed by atoms with Gasteiger partial charge in [0.1, 0.15) is 23.7 Å². The van der Waals surface area contributed by atoms with Gasteiger partial charge in [-0.15, -0.1) is 0 Å². The van der Waals surface area contributed by atoms with E-state index in [0.717, 1.165) is 29.1 Å². The summed E-state index contributed by atoms with van der Waals surface area (Å²) in [5, 5.41) is 3.13. The molecule has 33 heavy (non-hydrogen) atoms. The molecule has 0 aliphatic rings. The molecule has 0 bridgehead atoms. The van der Waals surface area contributed by atoms with Crippen LogP contribution < -0.4 is 20.4 Å². The highest BCUT2D eigenvalue weighted by Gasteiger charge is 2.31. The molecule has 1 aromatic heterocycles. The number of halogens is 3. The Kier molecular flexibility index (Phi) is 7.59. The summed E-state index contributed by atoms with van der Waals surface area (Å²) in [5.41, 5.74) is -0.458. The van der Waals surface area contributed by atoms with Crippen LogP contribution in [0, 0.1) is 0 Å². The van der Waals surface area contributed by atoms with E-state index in [4.69, 9.17) is 18.6 Å². The number of carbonyl (C=O) groups excluding carboxylic acids is 1. The van der Waals surface area contributed by atoms with Crippen LogP contribution in [0.4, 0.5) is 18.9 Å². The number of anilines is 1. The zero-order valence-electron chi connectivity index (χ0n) is 18.0. The fourth-order valence-electron chi connectivity index (χ4n) is 3.09. The van der Waals surface area contributed by atoms with Crippen LogP contribution in [0.15, 0.2) is 51.7 Å². The lowest BCUT2D eigenvalue weighted by molar-refractivity contribution is -0.137. The average molecular weight is 465 g/mol. The molecule has 176 valence electrons. The standard InChI is InChI=1S/C23H22F3NO6/c1-3-14-10-22(29)33-20-12-16(5-6-17(14)20)32-13-21(28)27-18-11-15(23(24,25)26)4-7-19(18)31-9-8-30-2/h4-7,10-12H,3,8-9,13H2,1-2H3,(H,27,28). The zero-order chi connectivity index (χ0) is 24.0. The van der Waals surface area contributed by atoms with Crippen LogP contribution in [0.3, 0.4) is 0 Å². The Morgan fingerprint density at radius 3 is 2.55 bits per heavy atom. The summed E-state index contributed by atoms with van der Waals surface area (Å²) in [6.45, 7) is 1.72. The van der Waals surface area contributed by atoms with Crippen molar-refractivity contribution in [2.45, 2.75) is 19.5 Å². The Hall–Kier alpha value is -3.53. The summed E-state index contributed by atoms with van der Waals surface area (Å²) in [4.78, 5) is 24.1. The van der Waals surface area contributed by atoms with Crippen molar-refractivity contribution in [3.8, 4) is 11.5 Å². The van der Waals surface area contributed by atoms with Crippen molar-refractivity contribution >= 4 is 22.6 Å². The van der Waals surface area contributed by atoms with Gasteiger partial charge in [0.05, 0.1) is 17.9 Å². The summed E-state index contributed by atoms with van der Waals surface area (Å²) in [5.74, 6) is -0.377. The fraction of sp³-hybridized carbons (Fsp3) is 0.304. The molecule has 0 fully saturated rings. The second kappa shape index (κ2) is 10.4. The number of hydrogen-bond donors (Lipinski definition) is 1. The molecule has 3 aromatic rings. The highest BCUT2D eigenvalue weighted by molar-refractivity contribution is 5.93. The average Bonchev–Trinajstić information content (AvgIpc) is 2.77. The normalized spacial score (nSPS) is 11.4. The van der Waals surface area contributed by atoms with Crippen LogP contribution in [-0.4, -0.2) is 32.8 Å². The first-order valence-electron chi connectivity index (χ1n) is 10.0. The first kappa shape index (κ1) is 24.1. The molecule has 0 aliphatic heterocycles. The molecule has 0 unspecified atom stereocenters. The zero-order valence-corrected chi connectivity index (χ0v) is 18.0. The molecule has 10 heteroatoms. The van der Waals surface area contributed by atoms with Gasteiger partial charge >= 0.3 is 11.8 Å². The SMILES string of the molecule is CCc1cc(=O)oc2cc(OCC(=O)Nc3cc(C(F)(F)F)ccc3OCCOC)ccc12. The first-order valence-corrected chi connectivity index (χ1v) is 10.0. The molecule has 0 radical (unpaired) electrons. The molecule has 1 amide bonds.